The van der Waals surface area contributed by atoms with Gasteiger partial charge in [0.25, 0.3) is 11.8 Å². The van der Waals surface area contributed by atoms with E-state index in [2.05, 4.69) is 82.6 Å². The fraction of sp³-hybridized carbons (Fsp3) is 0.333. The number of hydrogen-bond donors (Lipinski definition) is 5. The average molecular weight is 1590 g/mol. The van der Waals surface area contributed by atoms with Crippen LogP contribution in [0.2, 0.25) is 0 Å². The summed E-state index contributed by atoms with van der Waals surface area (Å²) in [5.74, 6) is 5.79. The highest BCUT2D eigenvalue weighted by molar-refractivity contribution is 14.1. The summed E-state index contributed by atoms with van der Waals surface area (Å²) in [5, 5.41) is 40.5. The van der Waals surface area contributed by atoms with Gasteiger partial charge in [0.15, 0.2) is 23.1 Å². The first-order valence-electron chi connectivity index (χ1n) is 27.4. The maximum atomic E-state index is 14.7. The van der Waals surface area contributed by atoms with E-state index in [1.807, 2.05) is 82.4 Å². The van der Waals surface area contributed by atoms with Gasteiger partial charge in [0, 0.05) is 74.1 Å². The van der Waals surface area contributed by atoms with Crippen LogP contribution in [0.3, 0.4) is 0 Å². The largest absolute Gasteiger partial charge is 0.384 e. The Bertz CT molecular complexity index is 4100. The number of likely N-dealkylation sites (tertiary alicyclic amines) is 2. The number of fused-ring (bicyclic) bond motifs is 2. The van der Waals surface area contributed by atoms with E-state index in [0.29, 0.717) is 86.1 Å². The van der Waals surface area contributed by atoms with Crippen LogP contribution in [0.5, 0.6) is 0 Å². The standard InChI is InChI=1S/C24H23FN8O3.C16H21N5O3.C8H3FIN3.C5H4FIN2.C5H13NO2.C2H2BrN/c1-4-21(34)32-11-15(8-16(32)13-36-3)33-24(28-2)22(23(27)35)19(30-33)6-5-14-7-20-29-10-17(9-26)31(20)12-18(14)25;1-5-12-14(15(17)23)16(18-3)21(19-12)10-7-11(9-24-4)20(8-10)13(22)6-2;9-6-4-13-5(2-11)3-12-8(13)1-7(6)10;6-3-2-9-5(8)1-4(3)7;1-6(2)5(7-3)8-4;3-1-2-4/h4,7,10,12,15-16,28H,1,8,11,13H2,2-3H3,(H2,27,35);1,6,10-11,18H,2,7-9H2,3-4H3,(H2,17,23);1,3-4H;1-2H,(H2,8,9);5H,1-4H3;1H2/t15-,16+;10-,11+;;;;/m00..../s1. The Morgan fingerprint density at radius 3 is 1.56 bits per heavy atom. The van der Waals surface area contributed by atoms with Crippen molar-refractivity contribution in [1.82, 2.24) is 58.0 Å². The number of nitrogens with zero attached hydrogens (tertiary/aromatic N) is 15. The molecule has 0 aromatic carbocycles. The van der Waals surface area contributed by atoms with Crippen molar-refractivity contribution in [3.05, 3.63) is 139 Å². The number of primary amides is 2. The van der Waals surface area contributed by atoms with Gasteiger partial charge in [-0.2, -0.15) is 26.0 Å². The van der Waals surface area contributed by atoms with E-state index >= 15 is 0 Å². The van der Waals surface area contributed by atoms with Gasteiger partial charge in [-0.05, 0) is 108 Å². The van der Waals surface area contributed by atoms with Gasteiger partial charge in [-0.15, -0.1) is 6.42 Å². The van der Waals surface area contributed by atoms with E-state index in [0.717, 1.165) is 12.4 Å². The molecule has 28 nitrogen and oxygen atoms in total. The fourth-order valence-corrected chi connectivity index (χ4v) is 10.3. The molecule has 4 atom stereocenters. The lowest BCUT2D eigenvalue weighted by atomic mass is 10.1. The molecule has 4 amide bonds. The minimum Gasteiger partial charge on any atom is -0.384 e. The molecule has 2 fully saturated rings. The third-order valence-electron chi connectivity index (χ3n) is 13.4. The van der Waals surface area contributed by atoms with Crippen molar-refractivity contribution in [2.75, 3.05) is 105 Å². The van der Waals surface area contributed by atoms with Crippen molar-refractivity contribution in [2.45, 2.75) is 43.4 Å². The first kappa shape index (κ1) is 77.3. The molecular weight excluding hydrogens is 1520 g/mol. The molecule has 0 unspecified atom stereocenters. The minimum atomic E-state index is -0.761. The highest BCUT2D eigenvalue weighted by Crippen LogP contribution is 2.34. The average Bonchev–Trinajstić information content (AvgIpc) is 1.64. The van der Waals surface area contributed by atoms with Crippen molar-refractivity contribution in [2.24, 2.45) is 11.5 Å². The summed E-state index contributed by atoms with van der Waals surface area (Å²) >= 11 is 6.62. The van der Waals surface area contributed by atoms with Crippen LogP contribution in [0.1, 0.15) is 74.0 Å². The third-order valence-corrected chi connectivity index (χ3v) is 15.3. The normalized spacial score (nSPS) is 15.0. The number of halogens is 6. The summed E-state index contributed by atoms with van der Waals surface area (Å²) < 4.78 is 67.3. The number of nitrogen functional groups attached to an aromatic ring is 1. The zero-order valence-corrected chi connectivity index (χ0v) is 58.0. The van der Waals surface area contributed by atoms with Gasteiger partial charge >= 0.3 is 0 Å². The number of alkyl halides is 1. The molecule has 0 aliphatic carbocycles. The zero-order chi connectivity index (χ0) is 70.1. The summed E-state index contributed by atoms with van der Waals surface area (Å²) in [6.07, 6.45) is 15.1. The quantitative estimate of drug-likeness (QED) is 0.0281. The Kier molecular flexibility index (Phi) is 30.8. The van der Waals surface area contributed by atoms with Crippen LogP contribution in [-0.2, 0) is 28.5 Å². The summed E-state index contributed by atoms with van der Waals surface area (Å²) in [5.41, 5.74) is 18.3. The summed E-state index contributed by atoms with van der Waals surface area (Å²) in [6.45, 7) is 8.54. The van der Waals surface area contributed by atoms with Crippen molar-refractivity contribution in [1.29, 1.82) is 15.8 Å². The number of nitrogens with two attached hydrogens (primary N) is 3. The number of methoxy groups -OCH3 is 4. The van der Waals surface area contributed by atoms with E-state index in [1.165, 1.54) is 51.7 Å². The molecule has 7 aromatic rings. The van der Waals surface area contributed by atoms with Crippen molar-refractivity contribution in [3.63, 3.8) is 0 Å². The fourth-order valence-electron chi connectivity index (χ4n) is 9.45. The molecule has 0 bridgehead atoms. The number of anilines is 3. The second kappa shape index (κ2) is 37.5. The molecule has 94 heavy (non-hydrogen) atoms. The Morgan fingerprint density at radius 2 is 1.19 bits per heavy atom. The molecule has 9 heterocycles. The molecule has 2 saturated heterocycles. The van der Waals surface area contributed by atoms with Crippen molar-refractivity contribution < 1.29 is 51.3 Å². The Balaban J connectivity index is 0.000000276. The number of imidazole rings is 2. The first-order valence-corrected chi connectivity index (χ1v) is 30.7. The first-order chi connectivity index (χ1) is 44.8. The number of terminal acetylenes is 1. The molecule has 34 heteroatoms. The van der Waals surface area contributed by atoms with Gasteiger partial charge < -0.3 is 56.6 Å². The highest BCUT2D eigenvalue weighted by Gasteiger charge is 2.39. The van der Waals surface area contributed by atoms with Gasteiger partial charge in [-0.25, -0.2) is 37.5 Å². The van der Waals surface area contributed by atoms with Crippen LogP contribution >= 0.6 is 61.1 Å². The number of carbonyl (C=O) groups excluding carboxylic acids is 4. The minimum absolute atomic E-state index is 0.0114. The SMILES string of the molecule is C#Cc1nn([C@H]2C[C@H](COC)N(C(=O)C=C)C2)c(NC)c1C(N)=O.C=CC(=O)N1C[C@@H](n2nc(C#Cc3cc4ncc(C#N)n4cc3F)c(C(N)=O)c2NC)C[C@@H]1COC.COC(OC)N(C)C.N#CCBr.N#Cc1cnc2cc(I)c(F)cn12.Nc1cc(I)c(F)cn1. The predicted octanol–water partition coefficient (Wildman–Crippen LogP) is 5.42. The maximum Gasteiger partial charge on any atom is 0.255 e. The summed E-state index contributed by atoms with van der Waals surface area (Å²) in [7, 11) is 13.4. The number of nitrogens with one attached hydrogen (secondary N) is 2. The molecule has 2 aliphatic rings. The number of aromatic nitrogens is 9. The molecule has 7 aromatic heterocycles. The second-order valence-corrected chi connectivity index (χ2v) is 22.5. The van der Waals surface area contributed by atoms with Gasteiger partial charge in [0.05, 0.1) is 80.1 Å². The van der Waals surface area contributed by atoms with E-state index < -0.39 is 17.6 Å². The molecule has 0 spiro atoms. The number of hydrogen-bond acceptors (Lipinski definition) is 20. The number of pyridine rings is 3. The van der Waals surface area contributed by atoms with Gasteiger partial charge in [0.2, 0.25) is 18.2 Å². The number of carbonyl (C=O) groups is 4. The van der Waals surface area contributed by atoms with Gasteiger partial charge in [-0.1, -0.05) is 35.0 Å². The van der Waals surface area contributed by atoms with Crippen molar-refractivity contribution in [3.8, 4) is 42.4 Å². The van der Waals surface area contributed by atoms with Crippen LogP contribution in [-0.4, -0.2) is 188 Å². The van der Waals surface area contributed by atoms with E-state index in [9.17, 15) is 32.3 Å². The third kappa shape index (κ3) is 19.7. The maximum absolute atomic E-state index is 14.7. The van der Waals surface area contributed by atoms with E-state index in [4.69, 9.17) is 58.4 Å². The topological polar surface area (TPSA) is 372 Å². The van der Waals surface area contributed by atoms with E-state index in [1.54, 1.807) is 67.8 Å². The van der Waals surface area contributed by atoms with Crippen LogP contribution in [0.15, 0.2) is 74.5 Å². The highest BCUT2D eigenvalue weighted by atomic mass is 127. The lowest BCUT2D eigenvalue weighted by Crippen LogP contribution is -2.37. The van der Waals surface area contributed by atoms with Crippen LogP contribution in [0, 0.1) is 82.8 Å². The number of ether oxygens (including phenoxy) is 4. The molecule has 9 rings (SSSR count). The molecular formula is C60H66BrF3I2N20O8. The molecule has 2 aliphatic heterocycles. The Hall–Kier alpha value is -9.17. The number of nitriles is 3. The number of amides is 4. The molecule has 0 radical (unpaired) electrons. The molecule has 0 saturated carbocycles. The van der Waals surface area contributed by atoms with E-state index in [-0.39, 0.29) is 87.8 Å². The lowest BCUT2D eigenvalue weighted by molar-refractivity contribution is -0.179. The smallest absolute Gasteiger partial charge is 0.255 e. The Labute approximate surface area is 575 Å². The summed E-state index contributed by atoms with van der Waals surface area (Å²) in [4.78, 5) is 65.2. The van der Waals surface area contributed by atoms with Crippen LogP contribution in [0.25, 0.3) is 11.3 Å². The van der Waals surface area contributed by atoms with Crippen molar-refractivity contribution >= 4 is 113 Å². The second-order valence-electron chi connectivity index (χ2n) is 19.6. The van der Waals surface area contributed by atoms with Gasteiger partial charge in [0.1, 0.15) is 69.1 Å². The Morgan fingerprint density at radius 1 is 0.745 bits per heavy atom. The lowest BCUT2D eigenvalue weighted by Gasteiger charge is -2.22. The zero-order valence-electron chi connectivity index (χ0n) is 52.1. The van der Waals surface area contributed by atoms with Crippen LogP contribution < -0.4 is 27.8 Å². The summed E-state index contributed by atoms with van der Waals surface area (Å²) in [6, 6.07) is 9.41. The monoisotopic (exact) mass is 1580 g/mol. The van der Waals surface area contributed by atoms with Gasteiger partial charge in [-0.3, -0.25) is 32.9 Å². The van der Waals surface area contributed by atoms with Crippen LogP contribution in [0.4, 0.5) is 30.6 Å². The molecule has 496 valence electrons. The molecule has 8 N–H and O–H groups in total. The number of rotatable bonds is 15. The predicted molar refractivity (Wildman–Crippen MR) is 362 cm³/mol.